The predicted octanol–water partition coefficient (Wildman–Crippen LogP) is 3.29. The van der Waals surface area contributed by atoms with Gasteiger partial charge in [0.15, 0.2) is 0 Å². The summed E-state index contributed by atoms with van der Waals surface area (Å²) in [6.45, 7) is 0. The zero-order chi connectivity index (χ0) is 13.0. The van der Waals surface area contributed by atoms with E-state index in [1.165, 1.54) is 19.3 Å². The van der Waals surface area contributed by atoms with Gasteiger partial charge in [0.05, 0.1) is 12.2 Å². The molecule has 2 rings (SSSR count). The standard InChI is InChI=1S/C15H21BrO2/c16-13-8-4-5-11(9-13)10-14(17)15(18)12-6-2-1-3-7-12/h4-5,8-9,12,14-15,17-18H,1-3,6-7,10H2. The molecule has 0 bridgehead atoms. The van der Waals surface area contributed by atoms with E-state index in [0.29, 0.717) is 6.42 Å². The third kappa shape index (κ3) is 3.81. The maximum absolute atomic E-state index is 10.2. The van der Waals surface area contributed by atoms with Gasteiger partial charge < -0.3 is 10.2 Å². The zero-order valence-electron chi connectivity index (χ0n) is 10.6. The van der Waals surface area contributed by atoms with Crippen LogP contribution in [0, 0.1) is 5.92 Å². The molecule has 1 fully saturated rings. The van der Waals surface area contributed by atoms with E-state index in [-0.39, 0.29) is 5.92 Å². The molecular formula is C15H21BrO2. The molecule has 1 aromatic carbocycles. The van der Waals surface area contributed by atoms with Crippen LogP contribution in [0.25, 0.3) is 0 Å². The lowest BCUT2D eigenvalue weighted by Gasteiger charge is -2.29. The normalized spacial score (nSPS) is 20.6. The van der Waals surface area contributed by atoms with Crippen molar-refractivity contribution in [2.45, 2.75) is 50.7 Å². The summed E-state index contributed by atoms with van der Waals surface area (Å²) in [5.41, 5.74) is 1.06. The van der Waals surface area contributed by atoms with Crippen molar-refractivity contribution in [3.05, 3.63) is 34.3 Å². The Bertz CT molecular complexity index is 375. The fourth-order valence-electron chi connectivity index (χ4n) is 2.82. The highest BCUT2D eigenvalue weighted by molar-refractivity contribution is 9.10. The van der Waals surface area contributed by atoms with Crippen LogP contribution in [0.3, 0.4) is 0 Å². The van der Waals surface area contributed by atoms with Crippen molar-refractivity contribution in [1.29, 1.82) is 0 Å². The first kappa shape index (κ1) is 14.0. The van der Waals surface area contributed by atoms with Crippen LogP contribution in [0.1, 0.15) is 37.7 Å². The van der Waals surface area contributed by atoms with Crippen molar-refractivity contribution < 1.29 is 10.2 Å². The molecule has 0 amide bonds. The number of halogens is 1. The van der Waals surface area contributed by atoms with Crippen molar-refractivity contribution in [1.82, 2.24) is 0 Å². The number of hydrogen-bond donors (Lipinski definition) is 2. The maximum atomic E-state index is 10.2. The van der Waals surface area contributed by atoms with Gasteiger partial charge in [-0.05, 0) is 36.5 Å². The third-order valence-corrected chi connectivity index (χ3v) is 4.35. The summed E-state index contributed by atoms with van der Waals surface area (Å²) in [4.78, 5) is 0. The van der Waals surface area contributed by atoms with Gasteiger partial charge in [-0.15, -0.1) is 0 Å². The van der Waals surface area contributed by atoms with Crippen molar-refractivity contribution in [3.8, 4) is 0 Å². The molecule has 2 unspecified atom stereocenters. The first-order chi connectivity index (χ1) is 8.66. The summed E-state index contributed by atoms with van der Waals surface area (Å²) in [7, 11) is 0. The molecule has 0 aliphatic heterocycles. The van der Waals surface area contributed by atoms with Crippen molar-refractivity contribution in [3.63, 3.8) is 0 Å². The lowest BCUT2D eigenvalue weighted by molar-refractivity contribution is -0.0263. The SMILES string of the molecule is OC(Cc1cccc(Br)c1)C(O)C1CCCCC1. The second-order valence-electron chi connectivity index (χ2n) is 5.29. The summed E-state index contributed by atoms with van der Waals surface area (Å²) in [6.07, 6.45) is 5.04. The molecule has 2 nitrogen and oxygen atoms in total. The van der Waals surface area contributed by atoms with Crippen LogP contribution in [-0.2, 0) is 6.42 Å². The van der Waals surface area contributed by atoms with E-state index < -0.39 is 12.2 Å². The highest BCUT2D eigenvalue weighted by atomic mass is 79.9. The van der Waals surface area contributed by atoms with Gasteiger partial charge in [-0.3, -0.25) is 0 Å². The van der Waals surface area contributed by atoms with Gasteiger partial charge >= 0.3 is 0 Å². The number of aliphatic hydroxyl groups is 2. The Morgan fingerprint density at radius 2 is 1.89 bits per heavy atom. The molecule has 1 aliphatic rings. The fraction of sp³-hybridized carbons (Fsp3) is 0.600. The van der Waals surface area contributed by atoms with Crippen molar-refractivity contribution in [2.75, 3.05) is 0 Å². The molecule has 18 heavy (non-hydrogen) atoms. The van der Waals surface area contributed by atoms with Crippen LogP contribution in [0.2, 0.25) is 0 Å². The van der Waals surface area contributed by atoms with Crippen molar-refractivity contribution >= 4 is 15.9 Å². The monoisotopic (exact) mass is 312 g/mol. The average Bonchev–Trinajstić information content (AvgIpc) is 2.39. The molecule has 0 aromatic heterocycles. The molecule has 3 heteroatoms. The van der Waals surface area contributed by atoms with Gasteiger partial charge in [0.1, 0.15) is 0 Å². The molecule has 1 saturated carbocycles. The first-order valence-electron chi connectivity index (χ1n) is 6.77. The van der Waals surface area contributed by atoms with Gasteiger partial charge in [0, 0.05) is 10.9 Å². The Morgan fingerprint density at radius 3 is 2.56 bits per heavy atom. The quantitative estimate of drug-likeness (QED) is 0.895. The highest BCUT2D eigenvalue weighted by Crippen LogP contribution is 2.28. The van der Waals surface area contributed by atoms with E-state index in [2.05, 4.69) is 15.9 Å². The lowest BCUT2D eigenvalue weighted by atomic mass is 9.82. The summed E-state index contributed by atoms with van der Waals surface area (Å²) in [6, 6.07) is 7.91. The van der Waals surface area contributed by atoms with Crippen LogP contribution >= 0.6 is 15.9 Å². The molecule has 1 aromatic rings. The average molecular weight is 313 g/mol. The first-order valence-corrected chi connectivity index (χ1v) is 7.56. The lowest BCUT2D eigenvalue weighted by Crippen LogP contribution is -2.36. The molecule has 100 valence electrons. The summed E-state index contributed by atoms with van der Waals surface area (Å²) in [5.74, 6) is 0.279. The van der Waals surface area contributed by atoms with Crippen LogP contribution in [0.5, 0.6) is 0 Å². The van der Waals surface area contributed by atoms with E-state index in [9.17, 15) is 10.2 Å². The number of aliphatic hydroxyl groups excluding tert-OH is 2. The maximum Gasteiger partial charge on any atom is 0.0842 e. The second-order valence-corrected chi connectivity index (χ2v) is 6.21. The Hall–Kier alpha value is -0.380. The smallest absolute Gasteiger partial charge is 0.0842 e. The molecule has 2 atom stereocenters. The Balaban J connectivity index is 1.92. The minimum absolute atomic E-state index is 0.279. The summed E-state index contributed by atoms with van der Waals surface area (Å²) in [5, 5.41) is 20.4. The van der Waals surface area contributed by atoms with E-state index >= 15 is 0 Å². The van der Waals surface area contributed by atoms with Crippen LogP contribution < -0.4 is 0 Å². The van der Waals surface area contributed by atoms with Crippen LogP contribution in [0.15, 0.2) is 28.7 Å². The number of rotatable bonds is 4. The summed E-state index contributed by atoms with van der Waals surface area (Å²) >= 11 is 3.42. The minimum Gasteiger partial charge on any atom is -0.390 e. The van der Waals surface area contributed by atoms with Gasteiger partial charge in [-0.2, -0.15) is 0 Å². The van der Waals surface area contributed by atoms with Gasteiger partial charge in [-0.1, -0.05) is 47.3 Å². The van der Waals surface area contributed by atoms with Gasteiger partial charge in [0.2, 0.25) is 0 Å². The second kappa shape index (κ2) is 6.69. The minimum atomic E-state index is -0.651. The van der Waals surface area contributed by atoms with Crippen LogP contribution in [-0.4, -0.2) is 22.4 Å². The molecule has 0 radical (unpaired) electrons. The molecular weight excluding hydrogens is 292 g/mol. The number of benzene rings is 1. The van der Waals surface area contributed by atoms with Crippen molar-refractivity contribution in [2.24, 2.45) is 5.92 Å². The predicted molar refractivity (Wildman–Crippen MR) is 76.4 cm³/mol. The Kier molecular flexibility index (Phi) is 5.22. The van der Waals surface area contributed by atoms with E-state index in [4.69, 9.17) is 0 Å². The number of hydrogen-bond acceptors (Lipinski definition) is 2. The molecule has 0 saturated heterocycles. The van der Waals surface area contributed by atoms with E-state index in [0.717, 1.165) is 22.9 Å². The van der Waals surface area contributed by atoms with Crippen LogP contribution in [0.4, 0.5) is 0 Å². The Morgan fingerprint density at radius 1 is 1.17 bits per heavy atom. The zero-order valence-corrected chi connectivity index (χ0v) is 12.1. The van der Waals surface area contributed by atoms with E-state index in [1.54, 1.807) is 0 Å². The third-order valence-electron chi connectivity index (χ3n) is 3.86. The fourth-order valence-corrected chi connectivity index (χ4v) is 3.26. The largest absolute Gasteiger partial charge is 0.390 e. The topological polar surface area (TPSA) is 40.5 Å². The highest BCUT2D eigenvalue weighted by Gasteiger charge is 2.27. The molecule has 0 heterocycles. The molecule has 1 aliphatic carbocycles. The van der Waals surface area contributed by atoms with Gasteiger partial charge in [0.25, 0.3) is 0 Å². The van der Waals surface area contributed by atoms with E-state index in [1.807, 2.05) is 24.3 Å². The molecule has 2 N–H and O–H groups in total. The molecule has 0 spiro atoms. The van der Waals surface area contributed by atoms with Gasteiger partial charge in [-0.25, -0.2) is 0 Å². The summed E-state index contributed by atoms with van der Waals surface area (Å²) < 4.78 is 1.01. The Labute approximate surface area is 117 Å².